The summed E-state index contributed by atoms with van der Waals surface area (Å²) in [5.74, 6) is 0. The van der Waals surface area contributed by atoms with Crippen molar-refractivity contribution in [1.29, 1.82) is 0 Å². The van der Waals surface area contributed by atoms with Gasteiger partial charge in [0.15, 0.2) is 0 Å². The Balaban J connectivity index is 1.51. The van der Waals surface area contributed by atoms with Crippen molar-refractivity contribution in [3.8, 4) is 44.5 Å². The van der Waals surface area contributed by atoms with E-state index in [1.54, 1.807) is 0 Å². The second-order valence-electron chi connectivity index (χ2n) is 11.5. The van der Waals surface area contributed by atoms with E-state index >= 15 is 0 Å². The molecule has 0 aromatic heterocycles. The molecule has 0 saturated heterocycles. The zero-order valence-corrected chi connectivity index (χ0v) is 24.7. The highest BCUT2D eigenvalue weighted by atomic mass is 14.2. The summed E-state index contributed by atoms with van der Waals surface area (Å²) in [6.45, 7) is 8.84. The van der Waals surface area contributed by atoms with E-state index in [2.05, 4.69) is 161 Å². The molecule has 202 valence electrons. The molecular weight excluding hydrogens is 504 g/mol. The van der Waals surface area contributed by atoms with Gasteiger partial charge in [0.05, 0.1) is 0 Å². The Bertz CT molecular complexity index is 1880. The van der Waals surface area contributed by atoms with Crippen LogP contribution in [-0.2, 0) is 0 Å². The number of hydrogen-bond donors (Lipinski definition) is 0. The lowest BCUT2D eigenvalue weighted by Gasteiger charge is -2.19. The summed E-state index contributed by atoms with van der Waals surface area (Å²) >= 11 is 0. The fourth-order valence-corrected chi connectivity index (χ4v) is 6.95. The van der Waals surface area contributed by atoms with Gasteiger partial charge >= 0.3 is 0 Å². The van der Waals surface area contributed by atoms with Gasteiger partial charge in [-0.05, 0) is 128 Å². The summed E-state index contributed by atoms with van der Waals surface area (Å²) in [6, 6.07) is 49.2. The van der Waals surface area contributed by atoms with Gasteiger partial charge in [-0.15, -0.1) is 0 Å². The van der Waals surface area contributed by atoms with Crippen LogP contribution >= 0.6 is 0 Å². The van der Waals surface area contributed by atoms with Gasteiger partial charge in [0.25, 0.3) is 0 Å². The lowest BCUT2D eigenvalue weighted by molar-refractivity contribution is 1.38. The number of rotatable bonds is 4. The first kappa shape index (κ1) is 26.0. The molecule has 0 spiro atoms. The van der Waals surface area contributed by atoms with Crippen molar-refractivity contribution < 1.29 is 0 Å². The monoisotopic (exact) mass is 538 g/mol. The summed E-state index contributed by atoms with van der Waals surface area (Å²) in [6.07, 6.45) is 0. The molecule has 7 aromatic carbocycles. The molecule has 0 amide bonds. The Kier molecular flexibility index (Phi) is 6.48. The van der Waals surface area contributed by atoms with Crippen LogP contribution in [0.2, 0.25) is 0 Å². The van der Waals surface area contributed by atoms with Crippen LogP contribution in [0.25, 0.3) is 66.1 Å². The minimum absolute atomic E-state index is 1.25. The molecule has 0 atom stereocenters. The van der Waals surface area contributed by atoms with Gasteiger partial charge in [0, 0.05) is 0 Å². The molecule has 7 aromatic rings. The Morgan fingerprint density at radius 2 is 0.524 bits per heavy atom. The number of fused-ring (bicyclic) bond motifs is 2. The van der Waals surface area contributed by atoms with Crippen LogP contribution < -0.4 is 0 Å². The lowest BCUT2D eigenvalue weighted by atomic mass is 9.84. The fourth-order valence-electron chi connectivity index (χ4n) is 6.95. The Hall–Kier alpha value is -4.94. The Morgan fingerprint density at radius 3 is 0.833 bits per heavy atom. The maximum Gasteiger partial charge on any atom is -0.00262 e. The number of hydrogen-bond acceptors (Lipinski definition) is 0. The van der Waals surface area contributed by atoms with Crippen LogP contribution in [0.3, 0.4) is 0 Å². The standard InChI is InChI=1S/C42H34/c1-27-13-9-14-28(2)39(27)31-17-11-19-33(25-31)41-35-21-5-7-23-37(35)42(38-24-8-6-22-36(38)41)34-20-12-18-32(26-34)40-29(3)15-10-16-30(40)4/h5-26H,1-4H3. The summed E-state index contributed by atoms with van der Waals surface area (Å²) in [7, 11) is 0. The third kappa shape index (κ3) is 4.32. The predicted octanol–water partition coefficient (Wildman–Crippen LogP) is 11.9. The highest BCUT2D eigenvalue weighted by molar-refractivity contribution is 6.21. The van der Waals surface area contributed by atoms with Crippen LogP contribution in [0.5, 0.6) is 0 Å². The number of aryl methyl sites for hydroxylation is 4. The summed E-state index contributed by atoms with van der Waals surface area (Å²) in [4.78, 5) is 0. The van der Waals surface area contributed by atoms with Gasteiger partial charge in [-0.3, -0.25) is 0 Å². The van der Waals surface area contributed by atoms with Gasteiger partial charge in [0.1, 0.15) is 0 Å². The van der Waals surface area contributed by atoms with Crippen LogP contribution in [0.1, 0.15) is 22.3 Å². The topological polar surface area (TPSA) is 0 Å². The Labute approximate surface area is 248 Å². The zero-order chi connectivity index (χ0) is 28.8. The summed E-state index contributed by atoms with van der Waals surface area (Å²) < 4.78 is 0. The quantitative estimate of drug-likeness (QED) is 0.196. The van der Waals surface area contributed by atoms with Crippen molar-refractivity contribution >= 4 is 21.5 Å². The van der Waals surface area contributed by atoms with E-state index in [-0.39, 0.29) is 0 Å². The fraction of sp³-hybridized carbons (Fsp3) is 0.0952. The van der Waals surface area contributed by atoms with Crippen molar-refractivity contribution in [1.82, 2.24) is 0 Å². The second-order valence-corrected chi connectivity index (χ2v) is 11.5. The highest BCUT2D eigenvalue weighted by Gasteiger charge is 2.18. The maximum absolute atomic E-state index is 2.38. The Morgan fingerprint density at radius 1 is 0.262 bits per heavy atom. The highest BCUT2D eigenvalue weighted by Crippen LogP contribution is 2.45. The molecule has 7 rings (SSSR count). The van der Waals surface area contributed by atoms with Crippen molar-refractivity contribution in [3.63, 3.8) is 0 Å². The van der Waals surface area contributed by atoms with E-state index in [4.69, 9.17) is 0 Å². The third-order valence-electron chi connectivity index (χ3n) is 8.77. The van der Waals surface area contributed by atoms with Crippen LogP contribution in [-0.4, -0.2) is 0 Å². The van der Waals surface area contributed by atoms with Crippen LogP contribution in [0.15, 0.2) is 133 Å². The molecule has 0 fully saturated rings. The van der Waals surface area contributed by atoms with E-state index in [1.807, 2.05) is 0 Å². The van der Waals surface area contributed by atoms with E-state index in [9.17, 15) is 0 Å². The molecule has 0 saturated carbocycles. The minimum Gasteiger partial charge on any atom is -0.0617 e. The van der Waals surface area contributed by atoms with Crippen molar-refractivity contribution in [3.05, 3.63) is 156 Å². The average molecular weight is 539 g/mol. The summed E-state index contributed by atoms with van der Waals surface area (Å²) in [5.41, 5.74) is 15.5. The van der Waals surface area contributed by atoms with Crippen molar-refractivity contribution in [2.24, 2.45) is 0 Å². The largest absolute Gasteiger partial charge is 0.0617 e. The van der Waals surface area contributed by atoms with E-state index in [0.717, 1.165) is 0 Å². The molecule has 0 nitrogen and oxygen atoms in total. The molecule has 0 heteroatoms. The molecule has 0 unspecified atom stereocenters. The molecule has 0 aliphatic heterocycles. The van der Waals surface area contributed by atoms with Gasteiger partial charge < -0.3 is 0 Å². The molecule has 0 aliphatic rings. The van der Waals surface area contributed by atoms with Crippen LogP contribution in [0.4, 0.5) is 0 Å². The predicted molar refractivity (Wildman–Crippen MR) is 182 cm³/mol. The molecule has 0 heterocycles. The van der Waals surface area contributed by atoms with E-state index < -0.39 is 0 Å². The average Bonchev–Trinajstić information content (AvgIpc) is 3.00. The zero-order valence-electron chi connectivity index (χ0n) is 24.7. The first-order valence-electron chi connectivity index (χ1n) is 14.8. The normalized spacial score (nSPS) is 11.3. The second kappa shape index (κ2) is 10.5. The molecule has 0 radical (unpaired) electrons. The lowest BCUT2D eigenvalue weighted by Crippen LogP contribution is -1.93. The van der Waals surface area contributed by atoms with E-state index in [1.165, 1.54) is 88.3 Å². The summed E-state index contributed by atoms with van der Waals surface area (Å²) in [5, 5.41) is 5.12. The number of benzene rings is 7. The first-order chi connectivity index (χ1) is 20.5. The van der Waals surface area contributed by atoms with E-state index in [0.29, 0.717) is 0 Å². The molecular formula is C42H34. The SMILES string of the molecule is Cc1cccc(C)c1-c1cccc(-c2c3ccccc3c(-c3cccc(-c4c(C)cccc4C)c3)c3ccccc23)c1. The van der Waals surface area contributed by atoms with Gasteiger partial charge in [0.2, 0.25) is 0 Å². The molecule has 42 heavy (non-hydrogen) atoms. The van der Waals surface area contributed by atoms with Gasteiger partial charge in [-0.1, -0.05) is 121 Å². The third-order valence-corrected chi connectivity index (χ3v) is 8.77. The van der Waals surface area contributed by atoms with Crippen LogP contribution in [0, 0.1) is 27.7 Å². The molecule has 0 bridgehead atoms. The van der Waals surface area contributed by atoms with Crippen molar-refractivity contribution in [2.45, 2.75) is 27.7 Å². The minimum atomic E-state index is 1.25. The van der Waals surface area contributed by atoms with Crippen molar-refractivity contribution in [2.75, 3.05) is 0 Å². The maximum atomic E-state index is 2.38. The molecule has 0 N–H and O–H groups in total. The smallest absolute Gasteiger partial charge is 0.00262 e. The van der Waals surface area contributed by atoms with Gasteiger partial charge in [-0.25, -0.2) is 0 Å². The first-order valence-corrected chi connectivity index (χ1v) is 14.8. The van der Waals surface area contributed by atoms with Gasteiger partial charge in [-0.2, -0.15) is 0 Å². The molecule has 0 aliphatic carbocycles.